The minimum atomic E-state index is -0.0705. The molecule has 0 amide bonds. The Morgan fingerprint density at radius 3 is 2.19 bits per heavy atom. The van der Waals surface area contributed by atoms with E-state index < -0.39 is 0 Å². The van der Waals surface area contributed by atoms with Crippen LogP contribution in [-0.4, -0.2) is 5.54 Å². The van der Waals surface area contributed by atoms with Crippen molar-refractivity contribution in [1.82, 2.24) is 0 Å². The van der Waals surface area contributed by atoms with Gasteiger partial charge in [0.2, 0.25) is 0 Å². The van der Waals surface area contributed by atoms with Gasteiger partial charge in [0, 0.05) is 17.0 Å². The van der Waals surface area contributed by atoms with Crippen LogP contribution in [0.3, 0.4) is 0 Å². The standard InChI is InChI=1S/C41H29NO/c1-2-10-30-26-33(19-18-28(30)9-1)32-12-7-11-31(25-32)29-20-22-35(23-21-29)42(41-24-6-5-13-34(41)27-41)37-15-8-17-39-40(37)36-14-3-4-16-38(36)43-39/h1-26,34H,27H2. The summed E-state index contributed by atoms with van der Waals surface area (Å²) < 4.78 is 6.30. The molecule has 9 rings (SSSR count). The molecule has 1 heterocycles. The highest BCUT2D eigenvalue weighted by Crippen LogP contribution is 2.57. The normalized spacial score (nSPS) is 18.7. The second-order valence-electron chi connectivity index (χ2n) is 11.8. The van der Waals surface area contributed by atoms with Crippen LogP contribution in [0.15, 0.2) is 162 Å². The predicted molar refractivity (Wildman–Crippen MR) is 180 cm³/mol. The zero-order valence-corrected chi connectivity index (χ0v) is 23.7. The monoisotopic (exact) mass is 551 g/mol. The highest BCUT2D eigenvalue weighted by atomic mass is 16.3. The number of anilines is 2. The predicted octanol–water partition coefficient (Wildman–Crippen LogP) is 11.1. The third kappa shape index (κ3) is 3.87. The first kappa shape index (κ1) is 24.3. The van der Waals surface area contributed by atoms with Crippen LogP contribution in [0, 0.1) is 5.92 Å². The van der Waals surface area contributed by atoms with Gasteiger partial charge >= 0.3 is 0 Å². The van der Waals surface area contributed by atoms with Gasteiger partial charge in [-0.15, -0.1) is 0 Å². The van der Waals surface area contributed by atoms with Crippen molar-refractivity contribution in [3.63, 3.8) is 0 Å². The summed E-state index contributed by atoms with van der Waals surface area (Å²) in [6, 6.07) is 48.1. The molecule has 1 saturated carbocycles. The Bertz CT molecular complexity index is 2230. The van der Waals surface area contributed by atoms with Gasteiger partial charge in [-0.2, -0.15) is 0 Å². The molecule has 43 heavy (non-hydrogen) atoms. The van der Waals surface area contributed by atoms with Gasteiger partial charge in [0.1, 0.15) is 11.2 Å². The molecule has 1 fully saturated rings. The number of hydrogen-bond donors (Lipinski definition) is 0. The Labute approximate surface area is 250 Å². The van der Waals surface area contributed by atoms with E-state index in [0.29, 0.717) is 5.92 Å². The first-order valence-electron chi connectivity index (χ1n) is 15.0. The molecule has 0 aliphatic heterocycles. The maximum absolute atomic E-state index is 6.30. The summed E-state index contributed by atoms with van der Waals surface area (Å²) in [5, 5.41) is 4.86. The van der Waals surface area contributed by atoms with Gasteiger partial charge in [-0.1, -0.05) is 115 Å². The number of allylic oxidation sites excluding steroid dienone is 2. The van der Waals surface area contributed by atoms with Gasteiger partial charge in [-0.05, 0) is 81.9 Å². The molecule has 1 aromatic heterocycles. The van der Waals surface area contributed by atoms with Crippen LogP contribution >= 0.6 is 0 Å². The van der Waals surface area contributed by atoms with E-state index in [2.05, 4.69) is 157 Å². The molecule has 2 aliphatic rings. The molecule has 204 valence electrons. The lowest BCUT2D eigenvalue weighted by Crippen LogP contribution is -2.34. The quantitative estimate of drug-likeness (QED) is 0.212. The first-order chi connectivity index (χ1) is 21.3. The van der Waals surface area contributed by atoms with Crippen molar-refractivity contribution in [3.8, 4) is 22.3 Å². The Morgan fingerprint density at radius 2 is 1.30 bits per heavy atom. The van der Waals surface area contributed by atoms with E-state index >= 15 is 0 Å². The molecule has 2 unspecified atom stereocenters. The van der Waals surface area contributed by atoms with Crippen LogP contribution in [0.25, 0.3) is 55.0 Å². The van der Waals surface area contributed by atoms with E-state index in [0.717, 1.165) is 23.0 Å². The summed E-state index contributed by atoms with van der Waals surface area (Å²) in [5.74, 6) is 0.490. The lowest BCUT2D eigenvalue weighted by molar-refractivity contribution is 0.668. The molecule has 0 bridgehead atoms. The molecule has 7 aromatic rings. The highest BCUT2D eigenvalue weighted by Gasteiger charge is 2.56. The number of benzene rings is 6. The van der Waals surface area contributed by atoms with Crippen molar-refractivity contribution >= 4 is 44.1 Å². The Kier molecular flexibility index (Phi) is 5.27. The maximum Gasteiger partial charge on any atom is 0.137 e. The number of rotatable bonds is 5. The molecule has 2 heteroatoms. The van der Waals surface area contributed by atoms with Crippen molar-refractivity contribution < 1.29 is 4.42 Å². The molecule has 2 atom stereocenters. The van der Waals surface area contributed by atoms with Crippen molar-refractivity contribution in [1.29, 1.82) is 0 Å². The smallest absolute Gasteiger partial charge is 0.137 e. The van der Waals surface area contributed by atoms with Gasteiger partial charge < -0.3 is 9.32 Å². The Hall–Kier alpha value is -5.34. The number of fused-ring (bicyclic) bond motifs is 5. The lowest BCUT2D eigenvalue weighted by atomic mass is 9.96. The molecule has 2 aliphatic carbocycles. The fourth-order valence-corrected chi connectivity index (χ4v) is 7.07. The molecular formula is C41H29NO. The van der Waals surface area contributed by atoms with Gasteiger partial charge in [-0.3, -0.25) is 0 Å². The van der Waals surface area contributed by atoms with E-state index in [1.54, 1.807) is 0 Å². The van der Waals surface area contributed by atoms with Gasteiger partial charge in [0.15, 0.2) is 0 Å². The minimum Gasteiger partial charge on any atom is -0.456 e. The zero-order valence-electron chi connectivity index (χ0n) is 23.7. The number of hydrogen-bond acceptors (Lipinski definition) is 2. The fourth-order valence-electron chi connectivity index (χ4n) is 7.07. The largest absolute Gasteiger partial charge is 0.456 e. The van der Waals surface area contributed by atoms with Gasteiger partial charge in [0.05, 0.1) is 16.6 Å². The number of furan rings is 1. The number of para-hydroxylation sites is 1. The Balaban J connectivity index is 1.14. The van der Waals surface area contributed by atoms with Gasteiger partial charge in [-0.25, -0.2) is 0 Å². The molecule has 2 nitrogen and oxygen atoms in total. The zero-order chi connectivity index (χ0) is 28.4. The van der Waals surface area contributed by atoms with E-state index in [-0.39, 0.29) is 5.54 Å². The summed E-state index contributed by atoms with van der Waals surface area (Å²) in [5.41, 5.74) is 9.05. The summed E-state index contributed by atoms with van der Waals surface area (Å²) in [6.45, 7) is 0. The summed E-state index contributed by atoms with van der Waals surface area (Å²) >= 11 is 0. The average molecular weight is 552 g/mol. The lowest BCUT2D eigenvalue weighted by Gasteiger charge is -2.34. The summed E-state index contributed by atoms with van der Waals surface area (Å²) in [6.07, 6.45) is 10.2. The highest BCUT2D eigenvalue weighted by molar-refractivity contribution is 6.12. The van der Waals surface area contributed by atoms with Crippen LogP contribution in [0.2, 0.25) is 0 Å². The van der Waals surface area contributed by atoms with Gasteiger partial charge in [0.25, 0.3) is 0 Å². The summed E-state index contributed by atoms with van der Waals surface area (Å²) in [4.78, 5) is 2.55. The second-order valence-corrected chi connectivity index (χ2v) is 11.8. The van der Waals surface area contributed by atoms with Crippen LogP contribution in [0.5, 0.6) is 0 Å². The molecule has 6 aromatic carbocycles. The van der Waals surface area contributed by atoms with E-state index in [1.807, 2.05) is 6.07 Å². The van der Waals surface area contributed by atoms with Crippen molar-refractivity contribution in [2.45, 2.75) is 12.0 Å². The minimum absolute atomic E-state index is 0.0705. The molecule has 0 radical (unpaired) electrons. The third-order valence-corrected chi connectivity index (χ3v) is 9.31. The number of nitrogens with zero attached hydrogens (tertiary/aromatic N) is 1. The van der Waals surface area contributed by atoms with E-state index in [1.165, 1.54) is 49.8 Å². The maximum atomic E-state index is 6.30. The van der Waals surface area contributed by atoms with Crippen LogP contribution in [-0.2, 0) is 0 Å². The van der Waals surface area contributed by atoms with Crippen LogP contribution in [0.4, 0.5) is 11.4 Å². The van der Waals surface area contributed by atoms with Crippen molar-refractivity contribution in [3.05, 3.63) is 158 Å². The third-order valence-electron chi connectivity index (χ3n) is 9.31. The molecule has 0 N–H and O–H groups in total. The van der Waals surface area contributed by atoms with Crippen molar-refractivity contribution in [2.24, 2.45) is 5.92 Å². The fraction of sp³-hybridized carbons (Fsp3) is 0.0732. The average Bonchev–Trinajstić information content (AvgIpc) is 3.69. The topological polar surface area (TPSA) is 16.4 Å². The first-order valence-corrected chi connectivity index (χ1v) is 15.0. The van der Waals surface area contributed by atoms with E-state index in [4.69, 9.17) is 4.42 Å². The molecular weight excluding hydrogens is 522 g/mol. The van der Waals surface area contributed by atoms with Crippen LogP contribution < -0.4 is 4.90 Å². The van der Waals surface area contributed by atoms with Crippen LogP contribution in [0.1, 0.15) is 6.42 Å². The Morgan fingerprint density at radius 1 is 0.581 bits per heavy atom. The second kappa shape index (κ2) is 9.34. The SMILES string of the molecule is C1=CC2CC2(N(c2ccc(-c3cccc(-c4ccc5ccccc5c4)c3)cc2)c2cccc3oc4ccccc4c23)C=C1. The van der Waals surface area contributed by atoms with E-state index in [9.17, 15) is 0 Å². The molecule has 0 saturated heterocycles. The molecule has 0 spiro atoms. The summed E-state index contributed by atoms with van der Waals surface area (Å²) in [7, 11) is 0. The van der Waals surface area contributed by atoms with Crippen molar-refractivity contribution in [2.75, 3.05) is 4.90 Å².